The van der Waals surface area contributed by atoms with Gasteiger partial charge in [-0.15, -0.1) is 0 Å². The van der Waals surface area contributed by atoms with Crippen molar-refractivity contribution in [3.63, 3.8) is 0 Å². The number of rotatable bonds is 3. The molecule has 28 heavy (non-hydrogen) atoms. The predicted molar refractivity (Wildman–Crippen MR) is 104 cm³/mol. The third-order valence-electron chi connectivity index (χ3n) is 5.59. The van der Waals surface area contributed by atoms with Crippen LogP contribution >= 0.6 is 0 Å². The summed E-state index contributed by atoms with van der Waals surface area (Å²) < 4.78 is 41.4. The molecule has 0 saturated carbocycles. The first-order chi connectivity index (χ1) is 13.5. The Morgan fingerprint density at radius 3 is 2.29 bits per heavy atom. The third-order valence-corrected chi connectivity index (χ3v) is 7.48. The summed E-state index contributed by atoms with van der Waals surface area (Å²) in [5.74, 6) is -0.958. The molecule has 2 aromatic rings. The first kappa shape index (κ1) is 19.1. The highest BCUT2D eigenvalue weighted by molar-refractivity contribution is 7.89. The maximum atomic E-state index is 13.9. The summed E-state index contributed by atoms with van der Waals surface area (Å²) in [7, 11) is -3.60. The van der Waals surface area contributed by atoms with Gasteiger partial charge >= 0.3 is 0 Å². The number of carbonyl (C=O) groups excluding carboxylic acids is 1. The minimum Gasteiger partial charge on any atom is -0.336 e. The molecule has 1 aliphatic heterocycles. The lowest BCUT2D eigenvalue weighted by Gasteiger charge is -2.34. The largest absolute Gasteiger partial charge is 0.336 e. The maximum absolute atomic E-state index is 13.9. The van der Waals surface area contributed by atoms with Gasteiger partial charge < -0.3 is 4.90 Å². The lowest BCUT2D eigenvalue weighted by Crippen LogP contribution is -2.50. The molecular weight excluding hydrogens is 379 g/mol. The highest BCUT2D eigenvalue weighted by Crippen LogP contribution is 2.26. The molecule has 1 amide bonds. The fourth-order valence-corrected chi connectivity index (χ4v) is 5.43. The quantitative estimate of drug-likeness (QED) is 0.793. The van der Waals surface area contributed by atoms with Crippen LogP contribution in [0.5, 0.6) is 0 Å². The topological polar surface area (TPSA) is 57.7 Å². The lowest BCUT2D eigenvalue weighted by atomic mass is 9.92. The zero-order valence-electron chi connectivity index (χ0n) is 15.6. The number of amides is 1. The Balaban J connectivity index is 1.47. The molecule has 2 aliphatic rings. The normalized spacial score (nSPS) is 18.0. The number of carbonyl (C=O) groups is 1. The Kier molecular flexibility index (Phi) is 5.21. The van der Waals surface area contributed by atoms with Crippen molar-refractivity contribution in [1.29, 1.82) is 0 Å². The molecule has 0 N–H and O–H groups in total. The minimum atomic E-state index is -3.60. The van der Waals surface area contributed by atoms with Gasteiger partial charge in [0.25, 0.3) is 5.91 Å². The summed E-state index contributed by atoms with van der Waals surface area (Å²) in [5.41, 5.74) is 2.39. The van der Waals surface area contributed by atoms with Crippen molar-refractivity contribution < 1.29 is 17.6 Å². The van der Waals surface area contributed by atoms with E-state index in [0.29, 0.717) is 4.90 Å². The molecule has 2 aromatic carbocycles. The Bertz CT molecular complexity index is 998. The number of halogens is 1. The van der Waals surface area contributed by atoms with Crippen molar-refractivity contribution in [3.8, 4) is 0 Å². The van der Waals surface area contributed by atoms with Crippen LogP contribution in [0.15, 0.2) is 47.4 Å². The summed E-state index contributed by atoms with van der Waals surface area (Å²) >= 11 is 0. The summed E-state index contributed by atoms with van der Waals surface area (Å²) in [6, 6.07) is 11.3. The zero-order chi connectivity index (χ0) is 19.7. The number of aryl methyl sites for hydroxylation is 2. The molecule has 0 aromatic heterocycles. The maximum Gasteiger partial charge on any atom is 0.256 e. The van der Waals surface area contributed by atoms with E-state index in [1.54, 1.807) is 18.2 Å². The molecule has 7 heteroatoms. The van der Waals surface area contributed by atoms with Gasteiger partial charge in [0.2, 0.25) is 10.0 Å². The first-order valence-corrected chi connectivity index (χ1v) is 11.1. The molecule has 0 bridgehead atoms. The minimum absolute atomic E-state index is 0.0218. The van der Waals surface area contributed by atoms with Gasteiger partial charge in [-0.25, -0.2) is 12.8 Å². The Labute approximate surface area is 164 Å². The number of benzene rings is 2. The van der Waals surface area contributed by atoms with Crippen LogP contribution in [-0.4, -0.2) is 49.7 Å². The molecule has 4 rings (SSSR count). The summed E-state index contributed by atoms with van der Waals surface area (Å²) in [6.45, 7) is 0.911. The van der Waals surface area contributed by atoms with Crippen LogP contribution in [0.3, 0.4) is 0 Å². The Hall–Kier alpha value is -2.25. The fraction of sp³-hybridized carbons (Fsp3) is 0.381. The molecule has 0 unspecified atom stereocenters. The van der Waals surface area contributed by atoms with Crippen LogP contribution in [0, 0.1) is 5.82 Å². The molecular formula is C21H23FN2O3S. The molecule has 5 nitrogen and oxygen atoms in total. The van der Waals surface area contributed by atoms with Crippen molar-refractivity contribution >= 4 is 15.9 Å². The standard InChI is InChI=1S/C21H23FN2O3S/c22-20-8-4-3-7-19(20)21(25)23-11-13-24(14-12-23)28(26,27)18-10-9-16-5-1-2-6-17(16)15-18/h3-4,7-10,15H,1-2,5-6,11-14H2. The van der Waals surface area contributed by atoms with Crippen LogP contribution in [0.4, 0.5) is 4.39 Å². The van der Waals surface area contributed by atoms with Gasteiger partial charge in [0.1, 0.15) is 5.82 Å². The number of hydrogen-bond donors (Lipinski definition) is 0. The van der Waals surface area contributed by atoms with Crippen LogP contribution < -0.4 is 0 Å². The summed E-state index contributed by atoms with van der Waals surface area (Å²) in [6.07, 6.45) is 4.17. The van der Waals surface area contributed by atoms with E-state index in [4.69, 9.17) is 0 Å². The van der Waals surface area contributed by atoms with Gasteiger partial charge in [0.15, 0.2) is 0 Å². The molecule has 1 aliphatic carbocycles. The number of sulfonamides is 1. The highest BCUT2D eigenvalue weighted by Gasteiger charge is 2.31. The van der Waals surface area contributed by atoms with E-state index < -0.39 is 21.7 Å². The van der Waals surface area contributed by atoms with Crippen LogP contribution in [0.25, 0.3) is 0 Å². The van der Waals surface area contributed by atoms with Gasteiger partial charge in [0.05, 0.1) is 10.5 Å². The molecule has 148 valence electrons. The summed E-state index contributed by atoms with van der Waals surface area (Å²) in [4.78, 5) is 14.4. The van der Waals surface area contributed by atoms with E-state index in [0.717, 1.165) is 31.2 Å². The highest BCUT2D eigenvalue weighted by atomic mass is 32.2. The van der Waals surface area contributed by atoms with Crippen LogP contribution in [-0.2, 0) is 22.9 Å². The monoisotopic (exact) mass is 402 g/mol. The Morgan fingerprint density at radius 1 is 0.893 bits per heavy atom. The zero-order valence-corrected chi connectivity index (χ0v) is 16.4. The average Bonchev–Trinajstić information content (AvgIpc) is 2.73. The number of nitrogens with zero attached hydrogens (tertiary/aromatic N) is 2. The molecule has 1 saturated heterocycles. The smallest absolute Gasteiger partial charge is 0.256 e. The predicted octanol–water partition coefficient (Wildman–Crippen LogP) is 2.85. The van der Waals surface area contributed by atoms with Crippen molar-refractivity contribution in [2.75, 3.05) is 26.2 Å². The van der Waals surface area contributed by atoms with Crippen LogP contribution in [0.1, 0.15) is 34.3 Å². The molecule has 0 atom stereocenters. The van der Waals surface area contributed by atoms with Gasteiger partial charge in [0, 0.05) is 26.2 Å². The van der Waals surface area contributed by atoms with E-state index in [1.807, 2.05) is 6.07 Å². The van der Waals surface area contributed by atoms with Crippen LogP contribution in [0.2, 0.25) is 0 Å². The third kappa shape index (κ3) is 3.56. The first-order valence-electron chi connectivity index (χ1n) is 9.62. The number of fused-ring (bicyclic) bond motifs is 1. The van der Waals surface area contributed by atoms with E-state index >= 15 is 0 Å². The van der Waals surface area contributed by atoms with Crippen molar-refractivity contribution in [2.24, 2.45) is 0 Å². The number of hydrogen-bond acceptors (Lipinski definition) is 3. The molecule has 0 radical (unpaired) electrons. The van der Waals surface area contributed by atoms with Gasteiger partial charge in [-0.1, -0.05) is 18.2 Å². The van der Waals surface area contributed by atoms with Crippen molar-refractivity contribution in [1.82, 2.24) is 9.21 Å². The van der Waals surface area contributed by atoms with Crippen molar-refractivity contribution in [2.45, 2.75) is 30.6 Å². The second kappa shape index (κ2) is 7.64. The van der Waals surface area contributed by atoms with Crippen molar-refractivity contribution in [3.05, 3.63) is 65.0 Å². The Morgan fingerprint density at radius 2 is 1.57 bits per heavy atom. The van der Waals surface area contributed by atoms with E-state index in [9.17, 15) is 17.6 Å². The molecule has 1 fully saturated rings. The fourth-order valence-electron chi connectivity index (χ4n) is 3.96. The lowest BCUT2D eigenvalue weighted by molar-refractivity contribution is 0.0693. The van der Waals surface area contributed by atoms with Gasteiger partial charge in [-0.3, -0.25) is 4.79 Å². The van der Waals surface area contributed by atoms with E-state index in [2.05, 4.69) is 0 Å². The number of piperazine rings is 1. The van der Waals surface area contributed by atoms with E-state index in [-0.39, 0.29) is 31.7 Å². The second-order valence-corrected chi connectivity index (χ2v) is 9.25. The van der Waals surface area contributed by atoms with Gasteiger partial charge in [-0.2, -0.15) is 4.31 Å². The second-order valence-electron chi connectivity index (χ2n) is 7.31. The van der Waals surface area contributed by atoms with E-state index in [1.165, 1.54) is 33.0 Å². The molecule has 0 spiro atoms. The summed E-state index contributed by atoms with van der Waals surface area (Å²) in [5, 5.41) is 0. The van der Waals surface area contributed by atoms with Gasteiger partial charge in [-0.05, 0) is 61.1 Å². The average molecular weight is 402 g/mol. The SMILES string of the molecule is O=C(c1ccccc1F)N1CCN(S(=O)(=O)c2ccc3c(c2)CCCC3)CC1. The molecule has 1 heterocycles.